The van der Waals surface area contributed by atoms with Gasteiger partial charge in [0, 0.05) is 18.3 Å². The highest BCUT2D eigenvalue weighted by Gasteiger charge is 2.31. The lowest BCUT2D eigenvalue weighted by atomic mass is 10.1. The summed E-state index contributed by atoms with van der Waals surface area (Å²) in [5.74, 6) is -0.675. The Morgan fingerprint density at radius 1 is 1.04 bits per heavy atom. The maximum absolute atomic E-state index is 12.9. The molecule has 150 valence electrons. The largest absolute Gasteiger partial charge is 0.326 e. The molecule has 0 unspecified atom stereocenters. The first kappa shape index (κ1) is 21.4. The van der Waals surface area contributed by atoms with Crippen LogP contribution in [0.15, 0.2) is 48.5 Å². The summed E-state index contributed by atoms with van der Waals surface area (Å²) >= 11 is 0. The molecule has 0 aliphatic heterocycles. The maximum atomic E-state index is 12.9. The third-order valence-corrected chi connectivity index (χ3v) is 5.25. The fourth-order valence-corrected chi connectivity index (χ4v) is 4.07. The number of nitrogens with one attached hydrogen (secondary N) is 2. The van der Waals surface area contributed by atoms with Crippen molar-refractivity contribution < 1.29 is 18.0 Å². The lowest BCUT2D eigenvalue weighted by Crippen LogP contribution is -2.47. The van der Waals surface area contributed by atoms with E-state index in [-0.39, 0.29) is 12.3 Å². The fraction of sp³-hybridized carbons (Fsp3) is 0.300. The van der Waals surface area contributed by atoms with Gasteiger partial charge in [0.1, 0.15) is 6.04 Å². The smallest absolute Gasteiger partial charge is 0.248 e. The van der Waals surface area contributed by atoms with E-state index in [1.54, 1.807) is 55.5 Å². The topological polar surface area (TPSA) is 95.6 Å². The monoisotopic (exact) mass is 403 g/mol. The Balaban J connectivity index is 2.32. The van der Waals surface area contributed by atoms with E-state index in [1.165, 1.54) is 6.92 Å². The van der Waals surface area contributed by atoms with Crippen molar-refractivity contribution in [2.45, 2.75) is 33.2 Å². The van der Waals surface area contributed by atoms with E-state index in [4.69, 9.17) is 0 Å². The molecule has 0 aliphatic carbocycles. The Morgan fingerprint density at radius 2 is 1.61 bits per heavy atom. The lowest BCUT2D eigenvalue weighted by Gasteiger charge is -2.30. The molecule has 8 heteroatoms. The van der Waals surface area contributed by atoms with Crippen molar-refractivity contribution in [2.75, 3.05) is 21.2 Å². The molecule has 0 saturated heterocycles. The van der Waals surface area contributed by atoms with Gasteiger partial charge in [-0.3, -0.25) is 13.9 Å². The number of hydrogen-bond donors (Lipinski definition) is 2. The molecule has 0 heterocycles. The van der Waals surface area contributed by atoms with Crippen LogP contribution in [-0.4, -0.2) is 32.5 Å². The van der Waals surface area contributed by atoms with Crippen LogP contribution in [-0.2, 0) is 19.6 Å². The first-order valence-corrected chi connectivity index (χ1v) is 10.7. The van der Waals surface area contributed by atoms with Gasteiger partial charge in [0.05, 0.1) is 11.9 Å². The Hall–Kier alpha value is -2.87. The Morgan fingerprint density at radius 3 is 2.11 bits per heavy atom. The van der Waals surface area contributed by atoms with Gasteiger partial charge in [0.2, 0.25) is 21.8 Å². The molecule has 7 nitrogen and oxygen atoms in total. The summed E-state index contributed by atoms with van der Waals surface area (Å²) in [5.41, 5.74) is 2.43. The lowest BCUT2D eigenvalue weighted by molar-refractivity contribution is -0.117. The number of benzene rings is 2. The van der Waals surface area contributed by atoms with Crippen molar-refractivity contribution in [3.8, 4) is 0 Å². The van der Waals surface area contributed by atoms with Crippen LogP contribution >= 0.6 is 0 Å². The number of sulfonamides is 1. The van der Waals surface area contributed by atoms with Gasteiger partial charge < -0.3 is 10.6 Å². The van der Waals surface area contributed by atoms with Crippen molar-refractivity contribution in [2.24, 2.45) is 0 Å². The number of hydrogen-bond acceptors (Lipinski definition) is 4. The Bertz CT molecular complexity index is 956. The zero-order valence-electron chi connectivity index (χ0n) is 16.4. The summed E-state index contributed by atoms with van der Waals surface area (Å²) in [4.78, 5) is 24.1. The summed E-state index contributed by atoms with van der Waals surface area (Å²) in [6.07, 6.45) is 1.37. The summed E-state index contributed by atoms with van der Waals surface area (Å²) in [6.45, 7) is 5.05. The minimum absolute atomic E-state index is 0.225. The third kappa shape index (κ3) is 5.56. The first-order chi connectivity index (χ1) is 13.1. The number of nitrogens with zero attached hydrogens (tertiary/aromatic N) is 1. The van der Waals surface area contributed by atoms with Crippen LogP contribution in [0.3, 0.4) is 0 Å². The molecule has 0 aliphatic rings. The molecular formula is C20H25N3O4S. The van der Waals surface area contributed by atoms with E-state index >= 15 is 0 Å². The number of rotatable bonds is 7. The van der Waals surface area contributed by atoms with Crippen molar-refractivity contribution in [3.05, 3.63) is 54.1 Å². The highest BCUT2D eigenvalue weighted by Crippen LogP contribution is 2.24. The normalized spacial score (nSPS) is 12.1. The van der Waals surface area contributed by atoms with Gasteiger partial charge in [-0.15, -0.1) is 0 Å². The number of carbonyl (C=O) groups is 2. The molecule has 0 radical (unpaired) electrons. The molecule has 2 aromatic rings. The quantitative estimate of drug-likeness (QED) is 0.742. The predicted octanol–water partition coefficient (Wildman–Crippen LogP) is 3.14. The van der Waals surface area contributed by atoms with Gasteiger partial charge in [0.25, 0.3) is 0 Å². The van der Waals surface area contributed by atoms with Crippen molar-refractivity contribution in [1.82, 2.24) is 0 Å². The highest BCUT2D eigenvalue weighted by molar-refractivity contribution is 7.92. The van der Waals surface area contributed by atoms with Crippen LogP contribution in [0.25, 0.3) is 0 Å². The van der Waals surface area contributed by atoms with Crippen LogP contribution in [0.5, 0.6) is 0 Å². The van der Waals surface area contributed by atoms with Crippen molar-refractivity contribution in [3.63, 3.8) is 0 Å². The van der Waals surface area contributed by atoms with Gasteiger partial charge >= 0.3 is 0 Å². The van der Waals surface area contributed by atoms with E-state index < -0.39 is 22.0 Å². The molecule has 0 aromatic heterocycles. The molecule has 2 N–H and O–H groups in total. The second kappa shape index (κ2) is 8.88. The minimum Gasteiger partial charge on any atom is -0.326 e. The van der Waals surface area contributed by atoms with Crippen LogP contribution in [0.1, 0.15) is 25.8 Å². The summed E-state index contributed by atoms with van der Waals surface area (Å²) in [5, 5.41) is 5.39. The molecule has 0 fully saturated rings. The molecule has 2 amide bonds. The van der Waals surface area contributed by atoms with E-state index in [0.29, 0.717) is 17.1 Å². The molecule has 28 heavy (non-hydrogen) atoms. The zero-order valence-corrected chi connectivity index (χ0v) is 17.2. The SMILES string of the molecule is CC[C@@H](C(=O)Nc1cccc(NC(C)=O)c1)N(c1ccc(C)cc1)S(C)(=O)=O. The zero-order chi connectivity index (χ0) is 20.9. The summed E-state index contributed by atoms with van der Waals surface area (Å²) in [7, 11) is -3.69. The molecule has 0 spiro atoms. The third-order valence-electron chi connectivity index (χ3n) is 4.07. The maximum Gasteiger partial charge on any atom is 0.248 e. The second-order valence-electron chi connectivity index (χ2n) is 6.57. The first-order valence-electron chi connectivity index (χ1n) is 8.86. The minimum atomic E-state index is -3.69. The number of amides is 2. The summed E-state index contributed by atoms with van der Waals surface area (Å²) < 4.78 is 26.0. The number of aryl methyl sites for hydroxylation is 1. The Labute approximate surface area is 165 Å². The average Bonchev–Trinajstić information content (AvgIpc) is 2.59. The van der Waals surface area contributed by atoms with Crippen LogP contribution in [0, 0.1) is 6.92 Å². The van der Waals surface area contributed by atoms with E-state index in [2.05, 4.69) is 10.6 Å². The van der Waals surface area contributed by atoms with Crippen molar-refractivity contribution in [1.29, 1.82) is 0 Å². The number of anilines is 3. The standard InChI is InChI=1S/C20H25N3O4S/c1-5-19(23(28(4,26)27)18-11-9-14(2)10-12-18)20(25)22-17-8-6-7-16(13-17)21-15(3)24/h6-13,19H,5H2,1-4H3,(H,21,24)(H,22,25)/t19-/m0/s1. The van der Waals surface area contributed by atoms with Crippen LogP contribution < -0.4 is 14.9 Å². The molecule has 1 atom stereocenters. The predicted molar refractivity (Wildman–Crippen MR) is 112 cm³/mol. The average molecular weight is 404 g/mol. The fourth-order valence-electron chi connectivity index (χ4n) is 2.86. The van der Waals surface area contributed by atoms with E-state index in [9.17, 15) is 18.0 Å². The number of carbonyl (C=O) groups excluding carboxylic acids is 2. The molecule has 0 bridgehead atoms. The molecule has 2 rings (SSSR count). The summed E-state index contributed by atoms with van der Waals surface area (Å²) in [6, 6.07) is 12.7. The molecule has 0 saturated carbocycles. The second-order valence-corrected chi connectivity index (χ2v) is 8.43. The molecular weight excluding hydrogens is 378 g/mol. The Kier molecular flexibility index (Phi) is 6.80. The van der Waals surface area contributed by atoms with E-state index in [0.717, 1.165) is 16.1 Å². The van der Waals surface area contributed by atoms with Crippen LogP contribution in [0.4, 0.5) is 17.1 Å². The van der Waals surface area contributed by atoms with Gasteiger partial charge in [0.15, 0.2) is 0 Å². The van der Waals surface area contributed by atoms with Gasteiger partial charge in [-0.25, -0.2) is 8.42 Å². The van der Waals surface area contributed by atoms with Gasteiger partial charge in [-0.2, -0.15) is 0 Å². The van der Waals surface area contributed by atoms with Gasteiger partial charge in [-0.1, -0.05) is 30.7 Å². The van der Waals surface area contributed by atoms with Crippen LogP contribution in [0.2, 0.25) is 0 Å². The van der Waals surface area contributed by atoms with Crippen molar-refractivity contribution >= 4 is 38.9 Å². The van der Waals surface area contributed by atoms with E-state index in [1.807, 2.05) is 6.92 Å². The molecule has 2 aromatic carbocycles. The van der Waals surface area contributed by atoms with Gasteiger partial charge in [-0.05, 0) is 43.7 Å². The highest BCUT2D eigenvalue weighted by atomic mass is 32.2.